The first-order valence-corrected chi connectivity index (χ1v) is 8.39. The van der Waals surface area contributed by atoms with Crippen LogP contribution in [0.2, 0.25) is 0 Å². The Bertz CT molecular complexity index is 549. The predicted octanol–water partition coefficient (Wildman–Crippen LogP) is 1.58. The minimum atomic E-state index is -0.866. The largest absolute Gasteiger partial charge is 0.467 e. The van der Waals surface area contributed by atoms with Crippen LogP contribution in [0, 0.1) is 0 Å². The zero-order valence-electron chi connectivity index (χ0n) is 13.3. The van der Waals surface area contributed by atoms with E-state index in [9.17, 15) is 14.7 Å². The van der Waals surface area contributed by atoms with E-state index in [4.69, 9.17) is 4.42 Å². The van der Waals surface area contributed by atoms with Crippen molar-refractivity contribution in [2.24, 2.45) is 0 Å². The van der Waals surface area contributed by atoms with Crippen molar-refractivity contribution in [1.82, 2.24) is 10.2 Å². The summed E-state index contributed by atoms with van der Waals surface area (Å²) in [6.45, 7) is 0.919. The van der Waals surface area contributed by atoms with Gasteiger partial charge >= 0.3 is 0 Å². The number of hydrogen-bond donors (Lipinski definition) is 2. The molecule has 0 spiro atoms. The second-order valence-electron chi connectivity index (χ2n) is 6.65. The number of rotatable bonds is 5. The van der Waals surface area contributed by atoms with Gasteiger partial charge in [0, 0.05) is 6.54 Å². The Morgan fingerprint density at radius 3 is 2.83 bits per heavy atom. The molecule has 2 N–H and O–H groups in total. The Labute approximate surface area is 135 Å². The smallest absolute Gasteiger partial charge is 0.243 e. The summed E-state index contributed by atoms with van der Waals surface area (Å²) in [6, 6.07) is 3.14. The van der Waals surface area contributed by atoms with Gasteiger partial charge in [0.25, 0.3) is 0 Å². The Hall–Kier alpha value is -1.82. The van der Waals surface area contributed by atoms with E-state index in [1.54, 1.807) is 23.3 Å². The van der Waals surface area contributed by atoms with Crippen molar-refractivity contribution >= 4 is 11.8 Å². The minimum absolute atomic E-state index is 0.106. The normalized spacial score (nSPS) is 23.2. The fraction of sp³-hybridized carbons (Fsp3) is 0.647. The maximum Gasteiger partial charge on any atom is 0.243 e. The predicted molar refractivity (Wildman–Crippen MR) is 83.3 cm³/mol. The fourth-order valence-corrected chi connectivity index (χ4v) is 3.64. The van der Waals surface area contributed by atoms with Gasteiger partial charge in [0.15, 0.2) is 0 Å². The van der Waals surface area contributed by atoms with Crippen molar-refractivity contribution in [1.29, 1.82) is 0 Å². The minimum Gasteiger partial charge on any atom is -0.467 e. The van der Waals surface area contributed by atoms with Crippen LogP contribution >= 0.6 is 0 Å². The molecule has 23 heavy (non-hydrogen) atoms. The van der Waals surface area contributed by atoms with E-state index < -0.39 is 11.6 Å². The van der Waals surface area contributed by atoms with E-state index in [1.807, 2.05) is 0 Å². The lowest BCUT2D eigenvalue weighted by molar-refractivity contribution is -0.142. The summed E-state index contributed by atoms with van der Waals surface area (Å²) in [6.07, 6.45) is 6.50. The second-order valence-corrected chi connectivity index (χ2v) is 6.65. The van der Waals surface area contributed by atoms with Crippen molar-refractivity contribution < 1.29 is 19.1 Å². The first kappa shape index (κ1) is 16.1. The molecule has 6 heteroatoms. The quantitative estimate of drug-likeness (QED) is 0.863. The van der Waals surface area contributed by atoms with Gasteiger partial charge in [-0.2, -0.15) is 0 Å². The summed E-state index contributed by atoms with van der Waals surface area (Å²) < 4.78 is 5.19. The molecule has 1 atom stereocenters. The third-order valence-corrected chi connectivity index (χ3v) is 4.91. The molecule has 0 bridgehead atoms. The highest BCUT2D eigenvalue weighted by Crippen LogP contribution is 2.33. The van der Waals surface area contributed by atoms with Gasteiger partial charge in [-0.3, -0.25) is 9.59 Å². The molecule has 6 nitrogen and oxygen atoms in total. The van der Waals surface area contributed by atoms with Crippen molar-refractivity contribution in [2.75, 3.05) is 6.54 Å². The van der Waals surface area contributed by atoms with Crippen LogP contribution in [0.5, 0.6) is 0 Å². The number of hydrogen-bond acceptors (Lipinski definition) is 4. The molecule has 2 fully saturated rings. The molecule has 1 unspecified atom stereocenters. The lowest BCUT2D eigenvalue weighted by Crippen LogP contribution is -2.47. The van der Waals surface area contributed by atoms with E-state index in [0.717, 1.165) is 19.3 Å². The SMILES string of the molecule is O=C(NCc1ccco1)C1CCCN1C(=O)CC1(O)CCCC1. The van der Waals surface area contributed by atoms with Crippen molar-refractivity contribution in [2.45, 2.75) is 63.1 Å². The molecular weight excluding hydrogens is 296 g/mol. The highest BCUT2D eigenvalue weighted by Gasteiger charge is 2.39. The van der Waals surface area contributed by atoms with E-state index in [0.29, 0.717) is 38.1 Å². The molecule has 0 radical (unpaired) electrons. The van der Waals surface area contributed by atoms with Gasteiger partial charge in [-0.25, -0.2) is 0 Å². The Kier molecular flexibility index (Phi) is 4.71. The number of furan rings is 1. The molecule has 126 valence electrons. The molecule has 3 rings (SSSR count). The maximum atomic E-state index is 12.5. The molecule has 1 saturated carbocycles. The number of likely N-dealkylation sites (tertiary alicyclic amines) is 1. The van der Waals surface area contributed by atoms with Crippen molar-refractivity contribution in [3.63, 3.8) is 0 Å². The molecule has 1 aromatic rings. The van der Waals surface area contributed by atoms with Crippen molar-refractivity contribution in [3.8, 4) is 0 Å². The molecule has 0 aromatic carbocycles. The first-order valence-electron chi connectivity index (χ1n) is 8.39. The Morgan fingerprint density at radius 2 is 2.13 bits per heavy atom. The molecule has 2 amide bonds. The van der Waals surface area contributed by atoms with Gasteiger partial charge in [0.05, 0.1) is 24.8 Å². The van der Waals surface area contributed by atoms with Crippen LogP contribution in [-0.2, 0) is 16.1 Å². The van der Waals surface area contributed by atoms with Gasteiger partial charge in [-0.1, -0.05) is 12.8 Å². The summed E-state index contributed by atoms with van der Waals surface area (Å²) in [7, 11) is 0. The van der Waals surface area contributed by atoms with Crippen LogP contribution in [0.1, 0.15) is 50.7 Å². The summed E-state index contributed by atoms with van der Waals surface area (Å²) in [5.41, 5.74) is -0.866. The summed E-state index contributed by atoms with van der Waals surface area (Å²) in [4.78, 5) is 26.5. The number of aliphatic hydroxyl groups is 1. The molecule has 1 saturated heterocycles. The molecular formula is C17H24N2O4. The zero-order valence-corrected chi connectivity index (χ0v) is 13.3. The standard InChI is InChI=1S/C17H24N2O4/c20-15(11-17(22)7-1-2-8-17)19-9-3-6-14(19)16(21)18-12-13-5-4-10-23-13/h4-5,10,14,22H,1-3,6-9,11-12H2,(H,18,21). The van der Waals surface area contributed by atoms with E-state index in [2.05, 4.69) is 5.32 Å². The highest BCUT2D eigenvalue weighted by molar-refractivity contribution is 5.88. The molecule has 1 aliphatic heterocycles. The van der Waals surface area contributed by atoms with E-state index in [1.165, 1.54) is 0 Å². The highest BCUT2D eigenvalue weighted by atomic mass is 16.3. The van der Waals surface area contributed by atoms with Crippen LogP contribution < -0.4 is 5.32 Å². The molecule has 2 heterocycles. The van der Waals surface area contributed by atoms with Crippen LogP contribution in [0.3, 0.4) is 0 Å². The average molecular weight is 320 g/mol. The molecule has 1 aliphatic carbocycles. The van der Waals surface area contributed by atoms with E-state index in [-0.39, 0.29) is 18.2 Å². The van der Waals surface area contributed by atoms with E-state index >= 15 is 0 Å². The third-order valence-electron chi connectivity index (χ3n) is 4.91. The first-order chi connectivity index (χ1) is 11.1. The van der Waals surface area contributed by atoms with Crippen LogP contribution in [0.15, 0.2) is 22.8 Å². The number of nitrogens with zero attached hydrogens (tertiary/aromatic N) is 1. The summed E-state index contributed by atoms with van der Waals surface area (Å²) >= 11 is 0. The lowest BCUT2D eigenvalue weighted by Gasteiger charge is -2.28. The van der Waals surface area contributed by atoms with Gasteiger partial charge in [0.2, 0.25) is 11.8 Å². The van der Waals surface area contributed by atoms with Crippen LogP contribution in [-0.4, -0.2) is 40.0 Å². The molecule has 2 aliphatic rings. The maximum absolute atomic E-state index is 12.5. The van der Waals surface area contributed by atoms with Gasteiger partial charge in [-0.05, 0) is 37.8 Å². The Morgan fingerprint density at radius 1 is 1.35 bits per heavy atom. The van der Waals surface area contributed by atoms with Crippen LogP contribution in [0.25, 0.3) is 0 Å². The van der Waals surface area contributed by atoms with Gasteiger partial charge in [-0.15, -0.1) is 0 Å². The lowest BCUT2D eigenvalue weighted by atomic mass is 9.97. The topological polar surface area (TPSA) is 82.8 Å². The zero-order chi connectivity index (χ0) is 16.3. The van der Waals surface area contributed by atoms with Crippen molar-refractivity contribution in [3.05, 3.63) is 24.2 Å². The van der Waals surface area contributed by atoms with Gasteiger partial charge < -0.3 is 19.7 Å². The van der Waals surface area contributed by atoms with Crippen LogP contribution in [0.4, 0.5) is 0 Å². The average Bonchev–Trinajstić information content (AvgIpc) is 3.26. The number of carbonyl (C=O) groups is 2. The number of nitrogens with one attached hydrogen (secondary N) is 1. The molecule has 1 aromatic heterocycles. The monoisotopic (exact) mass is 320 g/mol. The third kappa shape index (κ3) is 3.75. The summed E-state index contributed by atoms with van der Waals surface area (Å²) in [5, 5.41) is 13.2. The second kappa shape index (κ2) is 6.74. The number of carbonyl (C=O) groups excluding carboxylic acids is 2. The van der Waals surface area contributed by atoms with Gasteiger partial charge in [0.1, 0.15) is 11.8 Å². The summed E-state index contributed by atoms with van der Waals surface area (Å²) in [5.74, 6) is 0.435. The Balaban J connectivity index is 1.56. The number of amides is 2. The fourth-order valence-electron chi connectivity index (χ4n) is 3.64.